The molecule has 0 aliphatic rings. The van der Waals surface area contributed by atoms with Crippen LogP contribution in [0.25, 0.3) is 21.7 Å². The largest absolute Gasteiger partial charge is 0.497 e. The molecule has 4 aromatic rings. The molecule has 2 heterocycles. The van der Waals surface area contributed by atoms with E-state index in [2.05, 4.69) is 15.3 Å². The molecule has 2 aromatic heterocycles. The molecule has 0 aliphatic heterocycles. The van der Waals surface area contributed by atoms with Crippen LogP contribution in [0, 0.1) is 10.1 Å². The highest BCUT2D eigenvalue weighted by Gasteiger charge is 2.15. The molecule has 2 N–H and O–H groups in total. The zero-order chi connectivity index (χ0) is 19.7. The first-order valence-corrected chi connectivity index (χ1v) is 9.05. The Kier molecular flexibility index (Phi) is 4.50. The van der Waals surface area contributed by atoms with E-state index in [4.69, 9.17) is 4.74 Å². The van der Waals surface area contributed by atoms with Gasteiger partial charge in [0.15, 0.2) is 0 Å². The Labute approximate surface area is 163 Å². The minimum absolute atomic E-state index is 0.0498. The van der Waals surface area contributed by atoms with Crippen molar-refractivity contribution in [2.24, 2.45) is 0 Å². The van der Waals surface area contributed by atoms with Gasteiger partial charge in [-0.05, 0) is 36.4 Å². The first-order chi connectivity index (χ1) is 13.5. The van der Waals surface area contributed by atoms with Crippen LogP contribution in [0.5, 0.6) is 5.75 Å². The molecule has 1 amide bonds. The van der Waals surface area contributed by atoms with Crippen LogP contribution in [-0.4, -0.2) is 27.9 Å². The normalized spacial score (nSPS) is 10.8. The molecule has 0 spiro atoms. The third-order valence-corrected chi connectivity index (χ3v) is 5.12. The van der Waals surface area contributed by atoms with Crippen molar-refractivity contribution in [2.45, 2.75) is 0 Å². The van der Waals surface area contributed by atoms with Gasteiger partial charge in [0.25, 0.3) is 5.91 Å². The third-order valence-electron chi connectivity index (χ3n) is 4.08. The summed E-state index contributed by atoms with van der Waals surface area (Å²) in [6, 6.07) is 15.3. The second kappa shape index (κ2) is 7.12. The van der Waals surface area contributed by atoms with Crippen LogP contribution >= 0.6 is 11.3 Å². The lowest BCUT2D eigenvalue weighted by Gasteiger charge is -2.07. The summed E-state index contributed by atoms with van der Waals surface area (Å²) in [5, 5.41) is 13.7. The van der Waals surface area contributed by atoms with E-state index in [1.165, 1.54) is 6.07 Å². The number of hydrogen-bond donors (Lipinski definition) is 2. The highest BCUT2D eigenvalue weighted by atomic mass is 32.1. The van der Waals surface area contributed by atoms with Crippen molar-refractivity contribution in [2.75, 3.05) is 12.4 Å². The number of H-pyrrole nitrogens is 1. The van der Waals surface area contributed by atoms with Crippen LogP contribution in [0.2, 0.25) is 0 Å². The molecule has 0 bridgehead atoms. The van der Waals surface area contributed by atoms with Crippen LogP contribution < -0.4 is 10.1 Å². The van der Waals surface area contributed by atoms with Gasteiger partial charge in [0.1, 0.15) is 11.6 Å². The van der Waals surface area contributed by atoms with Gasteiger partial charge in [-0.1, -0.05) is 17.4 Å². The number of anilines is 1. The molecular weight excluding hydrogens is 380 g/mol. The molecule has 2 aromatic carbocycles. The number of nitrogens with zero attached hydrogens (tertiary/aromatic N) is 2. The fourth-order valence-corrected chi connectivity index (χ4v) is 3.49. The van der Waals surface area contributed by atoms with E-state index in [1.54, 1.807) is 55.6 Å². The molecular formula is C19H14N4O4S. The van der Waals surface area contributed by atoms with Gasteiger partial charge in [-0.25, -0.2) is 4.98 Å². The van der Waals surface area contributed by atoms with E-state index in [0.717, 1.165) is 11.3 Å². The zero-order valence-corrected chi connectivity index (χ0v) is 15.4. The summed E-state index contributed by atoms with van der Waals surface area (Å²) in [5.74, 6) is 0.910. The number of carbonyl (C=O) groups is 1. The molecule has 0 aliphatic carbocycles. The number of methoxy groups -OCH3 is 1. The summed E-state index contributed by atoms with van der Waals surface area (Å²) >= 11 is 1.04. The summed E-state index contributed by atoms with van der Waals surface area (Å²) < 4.78 is 5.16. The maximum atomic E-state index is 12.6. The van der Waals surface area contributed by atoms with E-state index in [0.29, 0.717) is 38.7 Å². The van der Waals surface area contributed by atoms with Crippen molar-refractivity contribution in [1.29, 1.82) is 0 Å². The quantitative estimate of drug-likeness (QED) is 0.383. The molecule has 0 unspecified atom stereocenters. The summed E-state index contributed by atoms with van der Waals surface area (Å²) in [6.07, 6.45) is 0. The number of nitrogens with one attached hydrogen (secondary N) is 2. The van der Waals surface area contributed by atoms with Crippen molar-refractivity contribution in [3.63, 3.8) is 0 Å². The highest BCUT2D eigenvalue weighted by molar-refractivity contribution is 7.18. The Hall–Kier alpha value is -3.72. The zero-order valence-electron chi connectivity index (χ0n) is 14.6. The molecule has 28 heavy (non-hydrogen) atoms. The van der Waals surface area contributed by atoms with Crippen molar-refractivity contribution in [3.8, 4) is 16.5 Å². The van der Waals surface area contributed by atoms with E-state index < -0.39 is 4.92 Å². The lowest BCUT2D eigenvalue weighted by Crippen LogP contribution is -2.11. The first kappa shape index (κ1) is 17.7. The van der Waals surface area contributed by atoms with Gasteiger partial charge in [-0.2, -0.15) is 0 Å². The topological polar surface area (TPSA) is 110 Å². The predicted octanol–water partition coefficient (Wildman–Crippen LogP) is 4.46. The monoisotopic (exact) mass is 394 g/mol. The molecule has 0 saturated carbocycles. The van der Waals surface area contributed by atoms with Crippen molar-refractivity contribution in [3.05, 3.63) is 70.3 Å². The molecule has 0 fully saturated rings. The Morgan fingerprint density at radius 3 is 2.82 bits per heavy atom. The Morgan fingerprint density at radius 1 is 1.21 bits per heavy atom. The van der Waals surface area contributed by atoms with E-state index in [1.807, 2.05) is 0 Å². The summed E-state index contributed by atoms with van der Waals surface area (Å²) in [6.45, 7) is 0. The summed E-state index contributed by atoms with van der Waals surface area (Å²) in [4.78, 5) is 31.2. The van der Waals surface area contributed by atoms with Crippen molar-refractivity contribution < 1.29 is 14.5 Å². The number of amides is 1. The second-order valence-corrected chi connectivity index (χ2v) is 6.96. The number of ether oxygens (including phenoxy) is 1. The number of nitro groups is 1. The van der Waals surface area contributed by atoms with E-state index >= 15 is 0 Å². The minimum Gasteiger partial charge on any atom is -0.497 e. The number of aromatic nitrogens is 2. The number of benzene rings is 2. The molecule has 9 heteroatoms. The molecule has 0 radical (unpaired) electrons. The number of thiophene rings is 1. The molecule has 0 saturated heterocycles. The Balaban J connectivity index is 1.60. The maximum absolute atomic E-state index is 12.6. The number of fused-ring (bicyclic) bond motifs is 1. The van der Waals surface area contributed by atoms with Gasteiger partial charge < -0.3 is 15.0 Å². The Bertz CT molecular complexity index is 1200. The minimum atomic E-state index is -0.433. The van der Waals surface area contributed by atoms with Crippen LogP contribution in [-0.2, 0) is 0 Å². The maximum Gasteiger partial charge on any atom is 0.324 e. The van der Waals surface area contributed by atoms with Crippen LogP contribution in [0.3, 0.4) is 0 Å². The fourth-order valence-electron chi connectivity index (χ4n) is 2.72. The van der Waals surface area contributed by atoms with Gasteiger partial charge >= 0.3 is 5.00 Å². The van der Waals surface area contributed by atoms with Crippen molar-refractivity contribution >= 4 is 39.0 Å². The highest BCUT2D eigenvalue weighted by Crippen LogP contribution is 2.32. The van der Waals surface area contributed by atoms with Crippen LogP contribution in [0.15, 0.2) is 54.6 Å². The smallest absolute Gasteiger partial charge is 0.324 e. The van der Waals surface area contributed by atoms with Crippen molar-refractivity contribution in [1.82, 2.24) is 9.97 Å². The Morgan fingerprint density at radius 2 is 2.07 bits per heavy atom. The van der Waals surface area contributed by atoms with Gasteiger partial charge in [0, 0.05) is 23.4 Å². The second-order valence-electron chi connectivity index (χ2n) is 5.90. The third kappa shape index (κ3) is 3.42. The number of rotatable bonds is 5. The SMILES string of the molecule is COc1cccc(NC(=O)c2ccc3nc(-c4ccc([N+](=O)[O-])s4)[nH]c3c2)c1. The van der Waals surface area contributed by atoms with E-state index in [9.17, 15) is 14.9 Å². The lowest BCUT2D eigenvalue weighted by molar-refractivity contribution is -0.380. The first-order valence-electron chi connectivity index (χ1n) is 8.23. The van der Waals surface area contributed by atoms with Gasteiger partial charge in [0.05, 0.1) is 27.9 Å². The summed E-state index contributed by atoms with van der Waals surface area (Å²) in [5.41, 5.74) is 2.43. The van der Waals surface area contributed by atoms with Crippen LogP contribution in [0.4, 0.5) is 10.7 Å². The van der Waals surface area contributed by atoms with Gasteiger partial charge in [0.2, 0.25) is 0 Å². The number of aromatic amines is 1. The number of hydrogen-bond acceptors (Lipinski definition) is 6. The van der Waals surface area contributed by atoms with Crippen LogP contribution in [0.1, 0.15) is 10.4 Å². The number of imidazole rings is 1. The van der Waals surface area contributed by atoms with Gasteiger partial charge in [-0.15, -0.1) is 0 Å². The number of carbonyl (C=O) groups excluding carboxylic acids is 1. The average Bonchev–Trinajstić information content (AvgIpc) is 3.34. The molecule has 8 nitrogen and oxygen atoms in total. The fraction of sp³-hybridized carbons (Fsp3) is 0.0526. The standard InChI is InChI=1S/C19H14N4O4S/c1-27-13-4-2-3-12(10-13)20-19(24)11-5-6-14-15(9-11)22-18(21-14)16-7-8-17(28-16)23(25)26/h2-10H,1H3,(H,20,24)(H,21,22). The van der Waals surface area contributed by atoms with E-state index in [-0.39, 0.29) is 10.9 Å². The molecule has 140 valence electrons. The lowest BCUT2D eigenvalue weighted by atomic mass is 10.2. The average molecular weight is 394 g/mol. The predicted molar refractivity (Wildman–Crippen MR) is 107 cm³/mol. The molecule has 4 rings (SSSR count). The molecule has 0 atom stereocenters. The van der Waals surface area contributed by atoms with Gasteiger partial charge in [-0.3, -0.25) is 14.9 Å². The summed E-state index contributed by atoms with van der Waals surface area (Å²) in [7, 11) is 1.56.